The zero-order valence-electron chi connectivity index (χ0n) is 10.7. The summed E-state index contributed by atoms with van der Waals surface area (Å²) in [6.07, 6.45) is 0. The lowest BCUT2D eigenvalue weighted by molar-refractivity contribution is 0.0999. The molecular weight excluding hydrogens is 279 g/mol. The number of halogens is 2. The van der Waals surface area contributed by atoms with Gasteiger partial charge < -0.3 is 11.1 Å². The van der Waals surface area contributed by atoms with E-state index in [9.17, 15) is 9.18 Å². The van der Waals surface area contributed by atoms with E-state index in [1.165, 1.54) is 6.07 Å². The smallest absolute Gasteiger partial charge is 0.249 e. The third-order valence-corrected chi connectivity index (χ3v) is 3.20. The van der Waals surface area contributed by atoms with Crippen molar-refractivity contribution >= 4 is 17.5 Å². The minimum Gasteiger partial charge on any atom is -0.366 e. The predicted octanol–water partition coefficient (Wildman–Crippen LogP) is 2.87. The number of benzene rings is 2. The van der Waals surface area contributed by atoms with Crippen molar-refractivity contribution in [2.45, 2.75) is 13.1 Å². The summed E-state index contributed by atoms with van der Waals surface area (Å²) in [5.74, 6) is -0.887. The van der Waals surface area contributed by atoms with Gasteiger partial charge in [0.1, 0.15) is 5.82 Å². The quantitative estimate of drug-likeness (QED) is 0.890. The molecule has 0 atom stereocenters. The molecule has 0 saturated heterocycles. The van der Waals surface area contributed by atoms with Gasteiger partial charge in [0.25, 0.3) is 0 Å². The van der Waals surface area contributed by atoms with Crippen molar-refractivity contribution in [2.75, 3.05) is 0 Å². The Labute approximate surface area is 121 Å². The number of hydrogen-bond donors (Lipinski definition) is 2. The van der Waals surface area contributed by atoms with E-state index in [-0.39, 0.29) is 5.02 Å². The van der Waals surface area contributed by atoms with Crippen LogP contribution in [0.1, 0.15) is 21.5 Å². The first-order chi connectivity index (χ1) is 9.58. The summed E-state index contributed by atoms with van der Waals surface area (Å²) in [7, 11) is 0. The second kappa shape index (κ2) is 6.50. The van der Waals surface area contributed by atoms with Gasteiger partial charge in [0.05, 0.1) is 5.02 Å². The monoisotopic (exact) mass is 292 g/mol. The Kier molecular flexibility index (Phi) is 4.71. The van der Waals surface area contributed by atoms with Gasteiger partial charge in [-0.05, 0) is 29.3 Å². The second-order valence-electron chi connectivity index (χ2n) is 4.37. The number of rotatable bonds is 5. The van der Waals surface area contributed by atoms with Gasteiger partial charge in [0, 0.05) is 18.7 Å². The van der Waals surface area contributed by atoms with E-state index in [1.54, 1.807) is 24.3 Å². The van der Waals surface area contributed by atoms with Crippen LogP contribution >= 0.6 is 11.6 Å². The second-order valence-corrected chi connectivity index (χ2v) is 4.78. The molecule has 0 radical (unpaired) electrons. The first-order valence-corrected chi connectivity index (χ1v) is 6.48. The Balaban J connectivity index is 1.99. The molecule has 0 fully saturated rings. The van der Waals surface area contributed by atoms with E-state index >= 15 is 0 Å². The highest BCUT2D eigenvalue weighted by Crippen LogP contribution is 2.16. The zero-order chi connectivity index (χ0) is 14.5. The summed E-state index contributed by atoms with van der Waals surface area (Å²) in [6.45, 7) is 1.02. The van der Waals surface area contributed by atoms with Gasteiger partial charge >= 0.3 is 0 Å². The summed E-state index contributed by atoms with van der Waals surface area (Å²) in [4.78, 5) is 11.3. The van der Waals surface area contributed by atoms with Gasteiger partial charge in [-0.2, -0.15) is 0 Å². The number of nitrogens with two attached hydrogens (primary N) is 1. The molecule has 3 N–H and O–H groups in total. The molecule has 0 saturated carbocycles. The van der Waals surface area contributed by atoms with Crippen molar-refractivity contribution in [2.24, 2.45) is 5.73 Å². The molecule has 1 amide bonds. The molecule has 0 aliphatic rings. The van der Waals surface area contributed by atoms with E-state index in [0.717, 1.165) is 11.1 Å². The Morgan fingerprint density at radius 1 is 1.20 bits per heavy atom. The van der Waals surface area contributed by atoms with Crippen LogP contribution in [0.2, 0.25) is 5.02 Å². The summed E-state index contributed by atoms with van der Waals surface area (Å²) in [6, 6.07) is 11.7. The van der Waals surface area contributed by atoms with Crippen LogP contribution in [0.15, 0.2) is 42.5 Å². The Hall–Kier alpha value is -1.91. The molecule has 0 aliphatic carbocycles. The average molecular weight is 293 g/mol. The molecule has 104 valence electrons. The molecule has 0 heterocycles. The molecule has 0 unspecified atom stereocenters. The number of amides is 1. The summed E-state index contributed by atoms with van der Waals surface area (Å²) in [5.41, 5.74) is 7.50. The Bertz CT molecular complexity index is 631. The van der Waals surface area contributed by atoms with Crippen LogP contribution in [-0.2, 0) is 13.1 Å². The number of carbonyl (C=O) groups is 1. The summed E-state index contributed by atoms with van der Waals surface area (Å²) < 4.78 is 13.0. The average Bonchev–Trinajstić information content (AvgIpc) is 2.43. The fourth-order valence-electron chi connectivity index (χ4n) is 1.91. The molecule has 2 aromatic rings. The minimum absolute atomic E-state index is 0.0989. The lowest BCUT2D eigenvalue weighted by atomic mass is 10.1. The molecule has 0 spiro atoms. The molecule has 0 aromatic heterocycles. The molecule has 5 heteroatoms. The van der Waals surface area contributed by atoms with Crippen LogP contribution in [0, 0.1) is 5.82 Å². The van der Waals surface area contributed by atoms with E-state index in [2.05, 4.69) is 5.32 Å². The van der Waals surface area contributed by atoms with E-state index < -0.39 is 11.7 Å². The fraction of sp³-hybridized carbons (Fsp3) is 0.133. The predicted molar refractivity (Wildman–Crippen MR) is 76.9 cm³/mol. The first-order valence-electron chi connectivity index (χ1n) is 6.10. The van der Waals surface area contributed by atoms with Gasteiger partial charge in [0.2, 0.25) is 5.91 Å². The van der Waals surface area contributed by atoms with Crippen molar-refractivity contribution in [3.8, 4) is 0 Å². The SMILES string of the molecule is NC(=O)c1ccccc1CNCc1ccc(F)c(Cl)c1. The van der Waals surface area contributed by atoms with Crippen molar-refractivity contribution in [3.05, 3.63) is 70.0 Å². The van der Waals surface area contributed by atoms with Crippen LogP contribution < -0.4 is 11.1 Å². The third kappa shape index (κ3) is 3.56. The van der Waals surface area contributed by atoms with Crippen LogP contribution in [0.25, 0.3) is 0 Å². The van der Waals surface area contributed by atoms with Crippen LogP contribution in [0.5, 0.6) is 0 Å². The van der Waals surface area contributed by atoms with Gasteiger partial charge in [-0.15, -0.1) is 0 Å². The zero-order valence-corrected chi connectivity index (χ0v) is 11.5. The fourth-order valence-corrected chi connectivity index (χ4v) is 2.11. The minimum atomic E-state index is -0.452. The molecule has 2 rings (SSSR count). The standard InChI is InChI=1S/C15H14ClFN2O/c16-13-7-10(5-6-14(13)17)8-19-9-11-3-1-2-4-12(11)15(18)20/h1-7,19H,8-9H2,(H2,18,20). The Morgan fingerprint density at radius 3 is 2.65 bits per heavy atom. The first kappa shape index (κ1) is 14.5. The van der Waals surface area contributed by atoms with Crippen LogP contribution in [0.3, 0.4) is 0 Å². The van der Waals surface area contributed by atoms with E-state index in [0.29, 0.717) is 18.7 Å². The molecule has 2 aromatic carbocycles. The number of hydrogen-bond acceptors (Lipinski definition) is 2. The molecule has 0 bridgehead atoms. The highest BCUT2D eigenvalue weighted by molar-refractivity contribution is 6.30. The maximum atomic E-state index is 13.0. The van der Waals surface area contributed by atoms with Crippen molar-refractivity contribution in [3.63, 3.8) is 0 Å². The number of nitrogens with one attached hydrogen (secondary N) is 1. The molecular formula is C15H14ClFN2O. The summed E-state index contributed by atoms with van der Waals surface area (Å²) >= 11 is 5.71. The van der Waals surface area contributed by atoms with Crippen molar-refractivity contribution in [1.82, 2.24) is 5.32 Å². The van der Waals surface area contributed by atoms with Crippen molar-refractivity contribution in [1.29, 1.82) is 0 Å². The normalized spacial score (nSPS) is 10.5. The molecule has 3 nitrogen and oxygen atoms in total. The van der Waals surface area contributed by atoms with Crippen LogP contribution in [-0.4, -0.2) is 5.91 Å². The third-order valence-electron chi connectivity index (χ3n) is 2.91. The molecule has 0 aliphatic heterocycles. The van der Waals surface area contributed by atoms with Gasteiger partial charge in [-0.25, -0.2) is 4.39 Å². The Morgan fingerprint density at radius 2 is 1.95 bits per heavy atom. The number of primary amides is 1. The number of carbonyl (C=O) groups excluding carboxylic acids is 1. The highest BCUT2D eigenvalue weighted by atomic mass is 35.5. The summed E-state index contributed by atoms with van der Waals surface area (Å²) in [5, 5.41) is 3.27. The van der Waals surface area contributed by atoms with E-state index in [4.69, 9.17) is 17.3 Å². The lowest BCUT2D eigenvalue weighted by Crippen LogP contribution is -2.18. The van der Waals surface area contributed by atoms with E-state index in [1.807, 2.05) is 12.1 Å². The lowest BCUT2D eigenvalue weighted by Gasteiger charge is -2.08. The van der Waals surface area contributed by atoms with Gasteiger partial charge in [-0.1, -0.05) is 35.9 Å². The van der Waals surface area contributed by atoms with Crippen LogP contribution in [0.4, 0.5) is 4.39 Å². The highest BCUT2D eigenvalue weighted by Gasteiger charge is 2.06. The van der Waals surface area contributed by atoms with Crippen molar-refractivity contribution < 1.29 is 9.18 Å². The van der Waals surface area contributed by atoms with Gasteiger partial charge in [0.15, 0.2) is 0 Å². The molecule has 20 heavy (non-hydrogen) atoms. The maximum Gasteiger partial charge on any atom is 0.249 e. The van der Waals surface area contributed by atoms with Gasteiger partial charge in [-0.3, -0.25) is 4.79 Å². The topological polar surface area (TPSA) is 55.1 Å². The largest absolute Gasteiger partial charge is 0.366 e. The maximum absolute atomic E-state index is 13.0.